The van der Waals surface area contributed by atoms with E-state index < -0.39 is 0 Å². The summed E-state index contributed by atoms with van der Waals surface area (Å²) >= 11 is 0. The normalized spacial score (nSPS) is 17.9. The maximum absolute atomic E-state index is 13.2. The fourth-order valence-electron chi connectivity index (χ4n) is 3.95. The van der Waals surface area contributed by atoms with Gasteiger partial charge in [-0.3, -0.25) is 4.79 Å². The lowest BCUT2D eigenvalue weighted by Crippen LogP contribution is -2.36. The number of hydrogen-bond acceptors (Lipinski definition) is 6. The molecule has 152 valence electrons. The number of aromatic nitrogens is 1. The molecule has 0 radical (unpaired) electrons. The van der Waals surface area contributed by atoms with Crippen molar-refractivity contribution in [3.63, 3.8) is 0 Å². The highest BCUT2D eigenvalue weighted by Crippen LogP contribution is 2.35. The summed E-state index contributed by atoms with van der Waals surface area (Å²) in [6.07, 6.45) is 3.77. The molecule has 0 amide bonds. The molecule has 7 nitrogen and oxygen atoms in total. The van der Waals surface area contributed by atoms with Gasteiger partial charge in [-0.15, -0.1) is 0 Å². The average molecular weight is 387 g/mol. The number of pyridine rings is 1. The van der Waals surface area contributed by atoms with Crippen molar-refractivity contribution in [1.29, 1.82) is 0 Å². The van der Waals surface area contributed by atoms with Crippen LogP contribution in [0.15, 0.2) is 23.0 Å². The topological polar surface area (TPSA) is 76.0 Å². The molecule has 2 aromatic rings. The molecule has 1 fully saturated rings. The van der Waals surface area contributed by atoms with Crippen LogP contribution in [0, 0.1) is 0 Å². The van der Waals surface area contributed by atoms with Crippen LogP contribution in [0.2, 0.25) is 0 Å². The minimum absolute atomic E-state index is 0.0148. The maximum atomic E-state index is 13.2. The monoisotopic (exact) mass is 387 g/mol. The Morgan fingerprint density at radius 2 is 1.86 bits per heavy atom. The Kier molecular flexibility index (Phi) is 5.85. The molecular formula is C21H29N3O4. The number of aliphatic hydroxyl groups excluding tert-OH is 1. The van der Waals surface area contributed by atoms with Crippen LogP contribution in [-0.2, 0) is 13.1 Å². The van der Waals surface area contributed by atoms with Crippen molar-refractivity contribution in [3.05, 3.63) is 34.1 Å². The lowest BCUT2D eigenvalue weighted by Gasteiger charge is -2.27. The highest BCUT2D eigenvalue weighted by molar-refractivity contribution is 5.84. The van der Waals surface area contributed by atoms with Gasteiger partial charge in [0.25, 0.3) is 5.56 Å². The predicted octanol–water partition coefficient (Wildman–Crippen LogP) is 1.69. The molecule has 2 aliphatic rings. The molecule has 7 heteroatoms. The van der Waals surface area contributed by atoms with Crippen molar-refractivity contribution in [2.75, 3.05) is 33.0 Å². The number of nitrogens with zero attached hydrogens (tertiary/aromatic N) is 2. The Bertz CT molecular complexity index is 889. The highest BCUT2D eigenvalue weighted by atomic mass is 16.7. The van der Waals surface area contributed by atoms with E-state index in [9.17, 15) is 9.90 Å². The largest absolute Gasteiger partial charge is 0.454 e. The SMILES string of the molecule is CC(CO)NCc1cc2cc3c(cc2n(CCN2CCCCC2)c1=O)OCO3. The minimum atomic E-state index is -0.0614. The van der Waals surface area contributed by atoms with Crippen LogP contribution in [-0.4, -0.2) is 53.6 Å². The van der Waals surface area contributed by atoms with Crippen LogP contribution in [0.5, 0.6) is 11.5 Å². The molecule has 0 spiro atoms. The molecule has 0 saturated carbocycles. The first-order chi connectivity index (χ1) is 13.7. The van der Waals surface area contributed by atoms with Crippen molar-refractivity contribution in [3.8, 4) is 11.5 Å². The molecule has 1 unspecified atom stereocenters. The summed E-state index contributed by atoms with van der Waals surface area (Å²) in [6.45, 7) is 6.30. The number of fused-ring (bicyclic) bond motifs is 2. The number of likely N-dealkylation sites (tertiary alicyclic amines) is 1. The molecule has 28 heavy (non-hydrogen) atoms. The Hall–Kier alpha value is -2.09. The van der Waals surface area contributed by atoms with Gasteiger partial charge in [0.15, 0.2) is 11.5 Å². The zero-order valence-corrected chi connectivity index (χ0v) is 16.4. The molecule has 3 heterocycles. The van der Waals surface area contributed by atoms with Gasteiger partial charge < -0.3 is 29.4 Å². The number of ether oxygens (including phenoxy) is 2. The summed E-state index contributed by atoms with van der Waals surface area (Å²) in [5.74, 6) is 1.41. The third kappa shape index (κ3) is 4.01. The fraction of sp³-hybridized carbons (Fsp3) is 0.571. The average Bonchev–Trinajstić information content (AvgIpc) is 3.18. The van der Waals surface area contributed by atoms with E-state index in [1.165, 1.54) is 19.3 Å². The summed E-state index contributed by atoms with van der Waals surface area (Å²) < 4.78 is 12.9. The Morgan fingerprint density at radius 1 is 1.11 bits per heavy atom. The third-order valence-electron chi connectivity index (χ3n) is 5.67. The third-order valence-corrected chi connectivity index (χ3v) is 5.67. The van der Waals surface area contributed by atoms with Gasteiger partial charge in [0.1, 0.15) is 0 Å². The second-order valence-corrected chi connectivity index (χ2v) is 7.76. The zero-order valence-electron chi connectivity index (χ0n) is 16.4. The van der Waals surface area contributed by atoms with Crippen molar-refractivity contribution in [2.45, 2.75) is 45.3 Å². The molecule has 1 atom stereocenters. The maximum Gasteiger partial charge on any atom is 0.255 e. The van der Waals surface area contributed by atoms with Crippen LogP contribution < -0.4 is 20.3 Å². The van der Waals surface area contributed by atoms with E-state index in [4.69, 9.17) is 9.47 Å². The first-order valence-corrected chi connectivity index (χ1v) is 10.2. The number of nitrogens with one attached hydrogen (secondary N) is 1. The van der Waals surface area contributed by atoms with Gasteiger partial charge >= 0.3 is 0 Å². The minimum Gasteiger partial charge on any atom is -0.454 e. The molecular weight excluding hydrogens is 358 g/mol. The molecule has 1 aromatic carbocycles. The van der Waals surface area contributed by atoms with Crippen LogP contribution in [0.1, 0.15) is 31.7 Å². The van der Waals surface area contributed by atoms with E-state index in [-0.39, 0.29) is 25.0 Å². The van der Waals surface area contributed by atoms with Gasteiger partial charge in [0.2, 0.25) is 6.79 Å². The van der Waals surface area contributed by atoms with E-state index in [0.29, 0.717) is 24.4 Å². The van der Waals surface area contributed by atoms with Crippen LogP contribution in [0.25, 0.3) is 10.9 Å². The van der Waals surface area contributed by atoms with Crippen molar-refractivity contribution >= 4 is 10.9 Å². The van der Waals surface area contributed by atoms with Gasteiger partial charge in [-0.2, -0.15) is 0 Å². The van der Waals surface area contributed by atoms with Gasteiger partial charge in [0, 0.05) is 42.7 Å². The van der Waals surface area contributed by atoms with E-state index in [0.717, 1.165) is 36.3 Å². The number of rotatable bonds is 7. The standard InChI is InChI=1S/C21H29N3O4/c1-15(13-25)22-12-17-9-16-10-19-20(28-14-27-19)11-18(16)24(21(17)26)8-7-23-5-3-2-4-6-23/h9-11,15,22,25H,2-8,12-14H2,1H3. The number of hydrogen-bond donors (Lipinski definition) is 2. The summed E-state index contributed by atoms with van der Waals surface area (Å²) in [5, 5.41) is 13.4. The number of benzene rings is 1. The highest BCUT2D eigenvalue weighted by Gasteiger charge is 2.19. The van der Waals surface area contributed by atoms with E-state index in [2.05, 4.69) is 10.2 Å². The van der Waals surface area contributed by atoms with E-state index in [1.807, 2.05) is 29.7 Å². The van der Waals surface area contributed by atoms with Gasteiger partial charge in [-0.25, -0.2) is 0 Å². The summed E-state index contributed by atoms with van der Waals surface area (Å²) in [4.78, 5) is 15.7. The molecule has 1 saturated heterocycles. The molecule has 0 bridgehead atoms. The number of aliphatic hydroxyl groups is 1. The molecule has 1 aromatic heterocycles. The predicted molar refractivity (Wildman–Crippen MR) is 108 cm³/mol. The quantitative estimate of drug-likeness (QED) is 0.753. The van der Waals surface area contributed by atoms with Crippen molar-refractivity contribution < 1.29 is 14.6 Å². The fourth-order valence-corrected chi connectivity index (χ4v) is 3.95. The van der Waals surface area contributed by atoms with Crippen molar-refractivity contribution in [1.82, 2.24) is 14.8 Å². The summed E-state index contributed by atoms with van der Waals surface area (Å²) in [5.41, 5.74) is 1.59. The second-order valence-electron chi connectivity index (χ2n) is 7.76. The van der Waals surface area contributed by atoms with E-state index in [1.54, 1.807) is 0 Å². The first-order valence-electron chi connectivity index (χ1n) is 10.2. The smallest absolute Gasteiger partial charge is 0.255 e. The van der Waals surface area contributed by atoms with Crippen molar-refractivity contribution in [2.24, 2.45) is 0 Å². The van der Waals surface area contributed by atoms with Gasteiger partial charge in [0.05, 0.1) is 12.1 Å². The Labute approximate surface area is 164 Å². The lowest BCUT2D eigenvalue weighted by molar-refractivity contribution is 0.174. The summed E-state index contributed by atoms with van der Waals surface area (Å²) in [7, 11) is 0. The van der Waals surface area contributed by atoms with Crippen LogP contribution >= 0.6 is 0 Å². The van der Waals surface area contributed by atoms with Crippen LogP contribution in [0.3, 0.4) is 0 Å². The lowest BCUT2D eigenvalue weighted by atomic mass is 10.1. The Balaban J connectivity index is 1.68. The van der Waals surface area contributed by atoms with E-state index >= 15 is 0 Å². The summed E-state index contributed by atoms with van der Waals surface area (Å²) in [6, 6.07) is 5.73. The number of piperidine rings is 1. The Morgan fingerprint density at radius 3 is 2.61 bits per heavy atom. The molecule has 2 aliphatic heterocycles. The second kappa shape index (κ2) is 8.51. The van der Waals surface area contributed by atoms with Gasteiger partial charge in [-0.05, 0) is 45.0 Å². The molecule has 2 N–H and O–H groups in total. The first kappa shape index (κ1) is 19.2. The van der Waals surface area contributed by atoms with Gasteiger partial charge in [-0.1, -0.05) is 6.42 Å². The molecule has 4 rings (SSSR count). The molecule has 0 aliphatic carbocycles. The van der Waals surface area contributed by atoms with Crippen LogP contribution in [0.4, 0.5) is 0 Å². The zero-order chi connectivity index (χ0) is 19.5.